The van der Waals surface area contributed by atoms with Gasteiger partial charge in [-0.2, -0.15) is 0 Å². The molecule has 1 aromatic heterocycles. The Labute approximate surface area is 127 Å². The predicted octanol–water partition coefficient (Wildman–Crippen LogP) is 3.34. The Morgan fingerprint density at radius 1 is 1.43 bits per heavy atom. The molecule has 0 spiro atoms. The zero-order valence-electron chi connectivity index (χ0n) is 13.3. The summed E-state index contributed by atoms with van der Waals surface area (Å²) in [6.45, 7) is 7.30. The Hall–Kier alpha value is -1.58. The molecule has 1 aromatic rings. The Bertz CT molecular complexity index is 447. The van der Waals surface area contributed by atoms with E-state index in [0.29, 0.717) is 30.3 Å². The molecule has 1 saturated carbocycles. The number of carbonyl (C=O) groups excluding carboxylic acids is 1. The van der Waals surface area contributed by atoms with Crippen molar-refractivity contribution >= 4 is 6.03 Å². The normalized spacial score (nSPS) is 25.6. The topological polar surface area (TPSA) is 54.0 Å². The largest absolute Gasteiger partial charge is 0.335 e. The third-order valence-corrected chi connectivity index (χ3v) is 4.51. The van der Waals surface area contributed by atoms with E-state index in [2.05, 4.69) is 36.4 Å². The number of urea groups is 1. The maximum atomic E-state index is 12.1. The van der Waals surface area contributed by atoms with Crippen molar-refractivity contribution in [1.29, 1.82) is 0 Å². The molecular weight excluding hydrogens is 262 g/mol. The van der Waals surface area contributed by atoms with Crippen molar-refractivity contribution in [2.75, 3.05) is 0 Å². The summed E-state index contributed by atoms with van der Waals surface area (Å²) in [4.78, 5) is 16.2. The quantitative estimate of drug-likeness (QED) is 0.893. The van der Waals surface area contributed by atoms with E-state index in [1.54, 1.807) is 12.4 Å². The Balaban J connectivity index is 1.85. The van der Waals surface area contributed by atoms with Gasteiger partial charge in [0.05, 0.1) is 0 Å². The summed E-state index contributed by atoms with van der Waals surface area (Å²) in [5, 5.41) is 6.11. The summed E-state index contributed by atoms with van der Waals surface area (Å²) in [6, 6.07) is 4.07. The maximum Gasteiger partial charge on any atom is 0.315 e. The summed E-state index contributed by atoms with van der Waals surface area (Å²) in [6.07, 6.45) is 7.09. The molecule has 2 N–H and O–H groups in total. The fourth-order valence-electron chi connectivity index (χ4n) is 3.27. The maximum absolute atomic E-state index is 12.1. The van der Waals surface area contributed by atoms with Gasteiger partial charge in [-0.1, -0.05) is 33.3 Å². The van der Waals surface area contributed by atoms with E-state index < -0.39 is 0 Å². The molecule has 2 rings (SSSR count). The van der Waals surface area contributed by atoms with Crippen LogP contribution in [0.3, 0.4) is 0 Å². The van der Waals surface area contributed by atoms with Crippen molar-refractivity contribution in [3.05, 3.63) is 30.1 Å². The van der Waals surface area contributed by atoms with Crippen molar-refractivity contribution in [2.24, 2.45) is 17.8 Å². The molecular formula is C17H27N3O. The first-order chi connectivity index (χ1) is 10.1. The molecule has 1 aliphatic carbocycles. The van der Waals surface area contributed by atoms with Gasteiger partial charge in [0.25, 0.3) is 0 Å². The van der Waals surface area contributed by atoms with Crippen LogP contribution >= 0.6 is 0 Å². The second-order valence-corrected chi connectivity index (χ2v) is 6.62. The van der Waals surface area contributed by atoms with Crippen LogP contribution in [-0.2, 0) is 6.54 Å². The van der Waals surface area contributed by atoms with E-state index in [9.17, 15) is 4.79 Å². The van der Waals surface area contributed by atoms with Crippen LogP contribution in [0.25, 0.3) is 0 Å². The molecule has 3 atom stereocenters. The van der Waals surface area contributed by atoms with Gasteiger partial charge in [-0.25, -0.2) is 4.79 Å². The number of rotatable bonds is 4. The average molecular weight is 289 g/mol. The van der Waals surface area contributed by atoms with Crippen LogP contribution in [0.1, 0.15) is 45.6 Å². The van der Waals surface area contributed by atoms with Crippen LogP contribution in [0.2, 0.25) is 0 Å². The molecule has 21 heavy (non-hydrogen) atoms. The summed E-state index contributed by atoms with van der Waals surface area (Å²) in [7, 11) is 0. The Morgan fingerprint density at radius 3 is 2.90 bits per heavy atom. The highest BCUT2D eigenvalue weighted by Crippen LogP contribution is 2.33. The van der Waals surface area contributed by atoms with E-state index >= 15 is 0 Å². The summed E-state index contributed by atoms with van der Waals surface area (Å²) < 4.78 is 0. The highest BCUT2D eigenvalue weighted by atomic mass is 16.2. The van der Waals surface area contributed by atoms with Crippen molar-refractivity contribution < 1.29 is 4.79 Å². The lowest BCUT2D eigenvalue weighted by Crippen LogP contribution is -2.49. The minimum atomic E-state index is -0.0661. The minimum absolute atomic E-state index is 0.0661. The zero-order valence-corrected chi connectivity index (χ0v) is 13.3. The fraction of sp³-hybridized carbons (Fsp3) is 0.647. The SMILES string of the molecule is CC(C)[C@H]1CC[C@H](C)C[C@@H]1NC(=O)NCc1cccnc1. The molecule has 116 valence electrons. The number of nitrogens with zero attached hydrogens (tertiary/aromatic N) is 1. The van der Waals surface area contributed by atoms with Gasteiger partial charge in [-0.3, -0.25) is 4.98 Å². The third kappa shape index (κ3) is 4.73. The van der Waals surface area contributed by atoms with E-state index in [1.807, 2.05) is 12.1 Å². The average Bonchev–Trinajstić information content (AvgIpc) is 2.46. The van der Waals surface area contributed by atoms with Crippen LogP contribution in [0.4, 0.5) is 4.79 Å². The first kappa shape index (κ1) is 15.8. The molecule has 0 aliphatic heterocycles. The van der Waals surface area contributed by atoms with Crippen LogP contribution in [-0.4, -0.2) is 17.1 Å². The van der Waals surface area contributed by atoms with E-state index in [0.717, 1.165) is 12.0 Å². The third-order valence-electron chi connectivity index (χ3n) is 4.51. The smallest absolute Gasteiger partial charge is 0.315 e. The van der Waals surface area contributed by atoms with Crippen molar-refractivity contribution in [2.45, 2.75) is 52.6 Å². The van der Waals surface area contributed by atoms with Gasteiger partial charge < -0.3 is 10.6 Å². The number of amides is 2. The van der Waals surface area contributed by atoms with Crippen molar-refractivity contribution in [3.63, 3.8) is 0 Å². The molecule has 1 heterocycles. The monoisotopic (exact) mass is 289 g/mol. The molecule has 2 amide bonds. The number of pyridine rings is 1. The second-order valence-electron chi connectivity index (χ2n) is 6.62. The van der Waals surface area contributed by atoms with Crippen LogP contribution in [0.5, 0.6) is 0 Å². The highest BCUT2D eigenvalue weighted by molar-refractivity contribution is 5.74. The van der Waals surface area contributed by atoms with Gasteiger partial charge in [-0.05, 0) is 42.2 Å². The van der Waals surface area contributed by atoms with Gasteiger partial charge in [0.1, 0.15) is 0 Å². The second kappa shape index (κ2) is 7.43. The highest BCUT2D eigenvalue weighted by Gasteiger charge is 2.31. The summed E-state index contributed by atoms with van der Waals surface area (Å²) in [5.41, 5.74) is 1.02. The van der Waals surface area contributed by atoms with Crippen LogP contribution < -0.4 is 10.6 Å². The van der Waals surface area contributed by atoms with Gasteiger partial charge >= 0.3 is 6.03 Å². The fourth-order valence-corrected chi connectivity index (χ4v) is 3.27. The molecule has 0 saturated heterocycles. The summed E-state index contributed by atoms with van der Waals surface area (Å²) in [5.74, 6) is 1.90. The van der Waals surface area contributed by atoms with Crippen LogP contribution in [0, 0.1) is 17.8 Å². The predicted molar refractivity (Wildman–Crippen MR) is 84.7 cm³/mol. The molecule has 1 fully saturated rings. The standard InChI is InChI=1S/C17H27N3O/c1-12(2)15-7-6-13(3)9-16(15)20-17(21)19-11-14-5-4-8-18-10-14/h4-5,8,10,12-13,15-16H,6-7,9,11H2,1-3H3,(H2,19,20,21)/t13-,15+,16-/m0/s1. The van der Waals surface area contributed by atoms with E-state index in [-0.39, 0.29) is 6.03 Å². The Kier molecular flexibility index (Phi) is 5.59. The molecule has 0 bridgehead atoms. The van der Waals surface area contributed by atoms with E-state index in [1.165, 1.54) is 12.8 Å². The molecule has 0 radical (unpaired) electrons. The number of aromatic nitrogens is 1. The van der Waals surface area contributed by atoms with Crippen molar-refractivity contribution in [1.82, 2.24) is 15.6 Å². The molecule has 4 nitrogen and oxygen atoms in total. The first-order valence-corrected chi connectivity index (χ1v) is 7.99. The lowest BCUT2D eigenvalue weighted by atomic mass is 9.74. The molecule has 4 heteroatoms. The number of nitrogens with one attached hydrogen (secondary N) is 2. The molecule has 0 aromatic carbocycles. The van der Waals surface area contributed by atoms with Gasteiger partial charge in [0.2, 0.25) is 0 Å². The Morgan fingerprint density at radius 2 is 2.24 bits per heavy atom. The van der Waals surface area contributed by atoms with E-state index in [4.69, 9.17) is 0 Å². The van der Waals surface area contributed by atoms with Crippen molar-refractivity contribution in [3.8, 4) is 0 Å². The lowest BCUT2D eigenvalue weighted by Gasteiger charge is -2.37. The number of hydrogen-bond acceptors (Lipinski definition) is 2. The molecule has 0 unspecified atom stereocenters. The van der Waals surface area contributed by atoms with Crippen LogP contribution in [0.15, 0.2) is 24.5 Å². The van der Waals surface area contributed by atoms with Gasteiger partial charge in [0, 0.05) is 25.0 Å². The van der Waals surface area contributed by atoms with Gasteiger partial charge in [0.15, 0.2) is 0 Å². The lowest BCUT2D eigenvalue weighted by molar-refractivity contribution is 0.168. The zero-order chi connectivity index (χ0) is 15.2. The van der Waals surface area contributed by atoms with Gasteiger partial charge in [-0.15, -0.1) is 0 Å². The molecule has 1 aliphatic rings. The summed E-state index contributed by atoms with van der Waals surface area (Å²) >= 11 is 0. The first-order valence-electron chi connectivity index (χ1n) is 7.99. The number of hydrogen-bond donors (Lipinski definition) is 2. The number of carbonyl (C=O) groups is 1. The minimum Gasteiger partial charge on any atom is -0.335 e.